The summed E-state index contributed by atoms with van der Waals surface area (Å²) in [6.07, 6.45) is 0. The number of amidine groups is 1. The lowest BCUT2D eigenvalue weighted by Crippen LogP contribution is -1.73. The van der Waals surface area contributed by atoms with Crippen LogP contribution < -0.4 is 0 Å². The molecule has 2 heterocycles. The van der Waals surface area contributed by atoms with Crippen LogP contribution in [0, 0.1) is 6.92 Å². The molecular formula is C5H9N7. The van der Waals surface area contributed by atoms with Crippen molar-refractivity contribution < 1.29 is 0 Å². The third-order valence-corrected chi connectivity index (χ3v) is 1.03. The molecule has 1 N–H and O–H groups in total. The molecule has 0 saturated carbocycles. The van der Waals surface area contributed by atoms with Gasteiger partial charge in [0.15, 0.2) is 12.5 Å². The van der Waals surface area contributed by atoms with Gasteiger partial charge in [-0.2, -0.15) is 10.3 Å². The molecule has 12 heavy (non-hydrogen) atoms. The summed E-state index contributed by atoms with van der Waals surface area (Å²) in [7, 11) is 0. The van der Waals surface area contributed by atoms with E-state index in [0.29, 0.717) is 12.5 Å². The van der Waals surface area contributed by atoms with Crippen LogP contribution in [0.25, 0.3) is 0 Å². The first-order valence-corrected chi connectivity index (χ1v) is 3.37. The molecule has 1 aliphatic heterocycles. The van der Waals surface area contributed by atoms with Gasteiger partial charge in [0, 0.05) is 0 Å². The predicted octanol–water partition coefficient (Wildman–Crippen LogP) is 0.336. The van der Waals surface area contributed by atoms with Gasteiger partial charge < -0.3 is 0 Å². The normalized spacial score (nSPS) is 13.7. The zero-order valence-corrected chi connectivity index (χ0v) is 6.89. The molecule has 1 aromatic rings. The van der Waals surface area contributed by atoms with Gasteiger partial charge in [-0.3, -0.25) is 0 Å². The Bertz CT molecular complexity index is 269. The Labute approximate surface area is 69.0 Å². The van der Waals surface area contributed by atoms with Crippen LogP contribution in [0.1, 0.15) is 12.7 Å². The second-order valence-corrected chi connectivity index (χ2v) is 2.05. The average Bonchev–Trinajstić information content (AvgIpc) is 2.63. The molecule has 0 unspecified atom stereocenters. The Morgan fingerprint density at radius 1 is 1.33 bits per heavy atom. The molecule has 7 heteroatoms. The monoisotopic (exact) mass is 167 g/mol. The zero-order valence-electron chi connectivity index (χ0n) is 6.89. The van der Waals surface area contributed by atoms with E-state index in [0.717, 1.165) is 5.84 Å². The highest BCUT2D eigenvalue weighted by Crippen LogP contribution is 1.90. The maximum atomic E-state index is 3.82. The molecule has 0 atom stereocenters. The maximum Gasteiger partial charge on any atom is 0.171 e. The lowest BCUT2D eigenvalue weighted by Gasteiger charge is -1.67. The molecule has 7 nitrogen and oxygen atoms in total. The number of tetrazole rings is 1. The van der Waals surface area contributed by atoms with Gasteiger partial charge in [-0.05, 0) is 13.8 Å². The van der Waals surface area contributed by atoms with Crippen LogP contribution in [-0.4, -0.2) is 33.1 Å². The summed E-state index contributed by atoms with van der Waals surface area (Å²) in [6.45, 7) is 4.13. The number of azo groups is 1. The Hall–Kier alpha value is -1.66. The molecule has 1 aliphatic rings. The largest absolute Gasteiger partial charge is 0.243 e. The van der Waals surface area contributed by atoms with Crippen molar-refractivity contribution in [2.75, 3.05) is 6.67 Å². The van der Waals surface area contributed by atoms with E-state index in [-0.39, 0.29) is 0 Å². The summed E-state index contributed by atoms with van der Waals surface area (Å²) in [5.41, 5.74) is 0. The molecule has 0 saturated heterocycles. The number of nitrogens with one attached hydrogen (secondary N) is 1. The number of aryl methyl sites for hydroxylation is 1. The zero-order chi connectivity index (χ0) is 8.81. The van der Waals surface area contributed by atoms with Crippen molar-refractivity contribution in [2.45, 2.75) is 13.8 Å². The van der Waals surface area contributed by atoms with Crippen LogP contribution in [0.4, 0.5) is 0 Å². The van der Waals surface area contributed by atoms with Crippen LogP contribution in [0.2, 0.25) is 0 Å². The minimum Gasteiger partial charge on any atom is -0.243 e. The molecule has 64 valence electrons. The van der Waals surface area contributed by atoms with Crippen LogP contribution in [0.15, 0.2) is 15.2 Å². The molecule has 0 aromatic carbocycles. The average molecular weight is 167 g/mol. The van der Waals surface area contributed by atoms with E-state index in [2.05, 4.69) is 35.8 Å². The lowest BCUT2D eigenvalue weighted by atomic mass is 10.7. The summed E-state index contributed by atoms with van der Waals surface area (Å²) in [6, 6.07) is 0. The number of rotatable bonds is 0. The van der Waals surface area contributed by atoms with Gasteiger partial charge in [-0.1, -0.05) is 5.21 Å². The van der Waals surface area contributed by atoms with E-state index < -0.39 is 0 Å². The lowest BCUT2D eigenvalue weighted by molar-refractivity contribution is 0.881. The fourth-order valence-electron chi connectivity index (χ4n) is 0.511. The third kappa shape index (κ3) is 2.95. The van der Waals surface area contributed by atoms with Crippen LogP contribution in [0.5, 0.6) is 0 Å². The fourth-order valence-corrected chi connectivity index (χ4v) is 0.511. The number of H-pyrrole nitrogens is 1. The van der Waals surface area contributed by atoms with Gasteiger partial charge in [-0.15, -0.1) is 15.3 Å². The van der Waals surface area contributed by atoms with Crippen molar-refractivity contribution in [1.29, 1.82) is 0 Å². The van der Waals surface area contributed by atoms with Gasteiger partial charge in [0.2, 0.25) is 0 Å². The highest BCUT2D eigenvalue weighted by atomic mass is 15.5. The predicted molar refractivity (Wildman–Crippen MR) is 41.7 cm³/mol. The Kier molecular flexibility index (Phi) is 3.00. The first-order valence-electron chi connectivity index (χ1n) is 3.37. The Morgan fingerprint density at radius 3 is 2.33 bits per heavy atom. The summed E-state index contributed by atoms with van der Waals surface area (Å²) in [4.78, 5) is 3.82. The molecule has 2 rings (SSSR count). The molecule has 0 amide bonds. The molecular weight excluding hydrogens is 158 g/mol. The molecule has 0 aliphatic carbocycles. The summed E-state index contributed by atoms with van der Waals surface area (Å²) >= 11 is 0. The molecule has 0 bridgehead atoms. The van der Waals surface area contributed by atoms with Crippen molar-refractivity contribution in [1.82, 2.24) is 20.6 Å². The van der Waals surface area contributed by atoms with Crippen molar-refractivity contribution in [3.05, 3.63) is 5.82 Å². The van der Waals surface area contributed by atoms with E-state index in [1.54, 1.807) is 6.92 Å². The smallest absolute Gasteiger partial charge is 0.171 e. The minimum absolute atomic E-state index is 0.534. The Balaban J connectivity index is 0.000000120. The first-order chi connectivity index (χ1) is 5.79. The van der Waals surface area contributed by atoms with Gasteiger partial charge in [0.25, 0.3) is 0 Å². The second-order valence-electron chi connectivity index (χ2n) is 2.05. The van der Waals surface area contributed by atoms with Crippen molar-refractivity contribution in [2.24, 2.45) is 15.2 Å². The number of hydrogen-bond donors (Lipinski definition) is 1. The van der Waals surface area contributed by atoms with E-state index in [1.165, 1.54) is 0 Å². The van der Waals surface area contributed by atoms with Crippen molar-refractivity contribution >= 4 is 5.84 Å². The maximum absolute atomic E-state index is 3.82. The van der Waals surface area contributed by atoms with Gasteiger partial charge in [0.05, 0.1) is 0 Å². The summed E-state index contributed by atoms with van der Waals surface area (Å²) in [5.74, 6) is 1.46. The van der Waals surface area contributed by atoms with Gasteiger partial charge in [0.1, 0.15) is 5.84 Å². The quantitative estimate of drug-likeness (QED) is 0.603. The first kappa shape index (κ1) is 8.44. The highest BCUT2D eigenvalue weighted by Gasteiger charge is 1.88. The number of hydrogen-bond acceptors (Lipinski definition) is 6. The minimum atomic E-state index is 0.534. The Morgan fingerprint density at radius 2 is 2.17 bits per heavy atom. The number of nitrogens with zero attached hydrogens (tertiary/aromatic N) is 6. The highest BCUT2D eigenvalue weighted by molar-refractivity contribution is 5.80. The number of aliphatic imine (C=N–C) groups is 1. The van der Waals surface area contributed by atoms with Crippen LogP contribution >= 0.6 is 0 Å². The standard InChI is InChI=1S/C3H5N3.C2H4N4/c1-3-4-2-5-6-3;1-2-3-5-6-4-2/h2H2,1H3;1H3,(H,3,4,5,6). The van der Waals surface area contributed by atoms with Crippen molar-refractivity contribution in [3.8, 4) is 0 Å². The fraction of sp³-hybridized carbons (Fsp3) is 0.600. The summed E-state index contributed by atoms with van der Waals surface area (Å²) < 4.78 is 0. The molecule has 0 fully saturated rings. The van der Waals surface area contributed by atoms with Crippen LogP contribution in [-0.2, 0) is 0 Å². The third-order valence-electron chi connectivity index (χ3n) is 1.03. The summed E-state index contributed by atoms with van der Waals surface area (Å²) in [5, 5.41) is 19.9. The SMILES string of the molecule is CC1=NCN=N1.Cc1nn[nH]n1. The van der Waals surface area contributed by atoms with E-state index >= 15 is 0 Å². The van der Waals surface area contributed by atoms with Crippen LogP contribution in [0.3, 0.4) is 0 Å². The van der Waals surface area contributed by atoms with Crippen molar-refractivity contribution in [3.63, 3.8) is 0 Å². The second kappa shape index (κ2) is 4.27. The van der Waals surface area contributed by atoms with E-state index in [9.17, 15) is 0 Å². The van der Waals surface area contributed by atoms with Gasteiger partial charge >= 0.3 is 0 Å². The van der Waals surface area contributed by atoms with E-state index in [1.807, 2.05) is 6.92 Å². The molecule has 0 spiro atoms. The topological polar surface area (TPSA) is 91.5 Å². The van der Waals surface area contributed by atoms with Gasteiger partial charge in [-0.25, -0.2) is 4.99 Å². The van der Waals surface area contributed by atoms with E-state index in [4.69, 9.17) is 0 Å². The molecule has 1 aromatic heterocycles. The number of aromatic nitrogens is 4. The number of aromatic amines is 1. The molecule has 0 radical (unpaired) electrons.